The van der Waals surface area contributed by atoms with E-state index in [1.54, 1.807) is 13.0 Å². The molecule has 4 nitrogen and oxygen atoms in total. The van der Waals surface area contributed by atoms with Crippen LogP contribution in [0.25, 0.3) is 0 Å². The summed E-state index contributed by atoms with van der Waals surface area (Å²) in [6, 6.07) is 5.55. The monoisotopic (exact) mass is 279 g/mol. The van der Waals surface area contributed by atoms with Gasteiger partial charge in [-0.1, -0.05) is 18.6 Å². The van der Waals surface area contributed by atoms with Crippen molar-refractivity contribution >= 4 is 5.91 Å². The second-order valence-corrected chi connectivity index (χ2v) is 5.79. The van der Waals surface area contributed by atoms with Crippen molar-refractivity contribution in [1.82, 2.24) is 5.32 Å². The third kappa shape index (κ3) is 4.85. The number of carbonyl (C=O) groups is 1. The van der Waals surface area contributed by atoms with Gasteiger partial charge in [0.05, 0.1) is 6.10 Å². The number of ether oxygens (including phenoxy) is 1. The molecule has 0 saturated heterocycles. The Bertz CT molecular complexity index is 467. The highest BCUT2D eigenvalue weighted by Gasteiger charge is 2.18. The number of hydrogen-bond donors (Lipinski definition) is 2. The standard InChI is InChI=1S/C16H25NO3/c1-6-16(4,5)17-15(19)10-20-14-8-7-11(2)9-13(14)12(3)18/h7-9,12,18H,6,10H2,1-5H3,(H,17,19). The van der Waals surface area contributed by atoms with Crippen LogP contribution in [0.2, 0.25) is 0 Å². The molecule has 1 unspecified atom stereocenters. The maximum Gasteiger partial charge on any atom is 0.258 e. The molecule has 0 radical (unpaired) electrons. The Labute approximate surface area is 121 Å². The normalized spacial score (nSPS) is 12.9. The van der Waals surface area contributed by atoms with Gasteiger partial charge < -0.3 is 15.2 Å². The summed E-state index contributed by atoms with van der Waals surface area (Å²) in [5, 5.41) is 12.6. The number of hydrogen-bond acceptors (Lipinski definition) is 3. The summed E-state index contributed by atoms with van der Waals surface area (Å²) >= 11 is 0. The minimum atomic E-state index is -0.625. The zero-order chi connectivity index (χ0) is 15.3. The third-order valence-corrected chi connectivity index (χ3v) is 3.34. The minimum absolute atomic E-state index is 0.0494. The van der Waals surface area contributed by atoms with E-state index in [0.717, 1.165) is 12.0 Å². The first kappa shape index (κ1) is 16.5. The van der Waals surface area contributed by atoms with Crippen molar-refractivity contribution in [2.45, 2.75) is 52.7 Å². The Morgan fingerprint density at radius 3 is 2.65 bits per heavy atom. The van der Waals surface area contributed by atoms with Crippen LogP contribution in [0.4, 0.5) is 0 Å². The topological polar surface area (TPSA) is 58.6 Å². The molecule has 1 rings (SSSR count). The Balaban J connectivity index is 2.68. The van der Waals surface area contributed by atoms with Crippen LogP contribution >= 0.6 is 0 Å². The van der Waals surface area contributed by atoms with Crippen LogP contribution < -0.4 is 10.1 Å². The van der Waals surface area contributed by atoms with Gasteiger partial charge in [-0.15, -0.1) is 0 Å². The van der Waals surface area contributed by atoms with E-state index in [0.29, 0.717) is 11.3 Å². The highest BCUT2D eigenvalue weighted by atomic mass is 16.5. The van der Waals surface area contributed by atoms with Crippen molar-refractivity contribution < 1.29 is 14.6 Å². The van der Waals surface area contributed by atoms with Crippen molar-refractivity contribution in [2.75, 3.05) is 6.61 Å². The summed E-state index contributed by atoms with van der Waals surface area (Å²) in [4.78, 5) is 11.8. The molecule has 0 heterocycles. The number of rotatable bonds is 6. The predicted octanol–water partition coefficient (Wildman–Crippen LogP) is 2.73. The van der Waals surface area contributed by atoms with Gasteiger partial charge in [-0.05, 0) is 46.2 Å². The predicted molar refractivity (Wildman–Crippen MR) is 79.8 cm³/mol. The number of carbonyl (C=O) groups excluding carboxylic acids is 1. The van der Waals surface area contributed by atoms with E-state index >= 15 is 0 Å². The van der Waals surface area contributed by atoms with E-state index in [1.165, 1.54) is 0 Å². The molecule has 2 N–H and O–H groups in total. The van der Waals surface area contributed by atoms with E-state index in [4.69, 9.17) is 4.74 Å². The Kier molecular flexibility index (Phi) is 5.57. The van der Waals surface area contributed by atoms with Gasteiger partial charge in [0.15, 0.2) is 6.61 Å². The molecule has 0 aliphatic carbocycles. The minimum Gasteiger partial charge on any atom is -0.483 e. The fraction of sp³-hybridized carbons (Fsp3) is 0.562. The van der Waals surface area contributed by atoms with E-state index in [9.17, 15) is 9.90 Å². The second kappa shape index (κ2) is 6.75. The van der Waals surface area contributed by atoms with Crippen LogP contribution in [0.3, 0.4) is 0 Å². The Morgan fingerprint density at radius 2 is 2.10 bits per heavy atom. The largest absolute Gasteiger partial charge is 0.483 e. The van der Waals surface area contributed by atoms with Gasteiger partial charge in [-0.2, -0.15) is 0 Å². The molecule has 1 amide bonds. The lowest BCUT2D eigenvalue weighted by Gasteiger charge is -2.24. The lowest BCUT2D eigenvalue weighted by molar-refractivity contribution is -0.124. The van der Waals surface area contributed by atoms with Crippen molar-refractivity contribution in [3.05, 3.63) is 29.3 Å². The summed E-state index contributed by atoms with van der Waals surface area (Å²) in [6.45, 7) is 9.54. The summed E-state index contributed by atoms with van der Waals surface area (Å²) in [7, 11) is 0. The summed E-state index contributed by atoms with van der Waals surface area (Å²) in [5.74, 6) is 0.393. The average Bonchev–Trinajstić information content (AvgIpc) is 2.36. The molecule has 0 aliphatic heterocycles. The molecule has 0 fully saturated rings. The van der Waals surface area contributed by atoms with E-state index in [2.05, 4.69) is 5.32 Å². The molecule has 112 valence electrons. The molecule has 0 saturated carbocycles. The molecule has 0 aromatic heterocycles. The third-order valence-electron chi connectivity index (χ3n) is 3.34. The quantitative estimate of drug-likeness (QED) is 0.841. The number of benzene rings is 1. The molecule has 0 bridgehead atoms. The zero-order valence-corrected chi connectivity index (χ0v) is 13.0. The zero-order valence-electron chi connectivity index (χ0n) is 13.0. The fourth-order valence-electron chi connectivity index (χ4n) is 1.77. The molecule has 4 heteroatoms. The maximum atomic E-state index is 11.8. The molecular weight excluding hydrogens is 254 g/mol. The lowest BCUT2D eigenvalue weighted by atomic mass is 10.0. The van der Waals surface area contributed by atoms with Gasteiger partial charge in [0.2, 0.25) is 0 Å². The smallest absolute Gasteiger partial charge is 0.258 e. The fourth-order valence-corrected chi connectivity index (χ4v) is 1.77. The molecule has 0 spiro atoms. The SMILES string of the molecule is CCC(C)(C)NC(=O)COc1ccc(C)cc1C(C)O. The van der Waals surface area contributed by atoms with Crippen LogP contribution in [0.15, 0.2) is 18.2 Å². The molecule has 20 heavy (non-hydrogen) atoms. The van der Waals surface area contributed by atoms with Gasteiger partial charge in [-0.3, -0.25) is 4.79 Å². The van der Waals surface area contributed by atoms with E-state index < -0.39 is 6.10 Å². The van der Waals surface area contributed by atoms with Crippen LogP contribution in [0.1, 0.15) is 51.3 Å². The highest BCUT2D eigenvalue weighted by molar-refractivity contribution is 5.78. The van der Waals surface area contributed by atoms with Gasteiger partial charge >= 0.3 is 0 Å². The first-order valence-electron chi connectivity index (χ1n) is 6.97. The van der Waals surface area contributed by atoms with Gasteiger partial charge in [0.1, 0.15) is 5.75 Å². The first-order chi connectivity index (χ1) is 9.25. The lowest BCUT2D eigenvalue weighted by Crippen LogP contribution is -2.44. The summed E-state index contributed by atoms with van der Waals surface area (Å²) in [5.41, 5.74) is 1.51. The van der Waals surface area contributed by atoms with Crippen molar-refractivity contribution in [3.63, 3.8) is 0 Å². The summed E-state index contributed by atoms with van der Waals surface area (Å²) in [6.07, 6.45) is 0.224. The van der Waals surface area contributed by atoms with Crippen LogP contribution in [-0.2, 0) is 4.79 Å². The molecular formula is C16H25NO3. The number of aliphatic hydroxyl groups is 1. The van der Waals surface area contributed by atoms with Crippen molar-refractivity contribution in [1.29, 1.82) is 0 Å². The summed E-state index contributed by atoms with van der Waals surface area (Å²) < 4.78 is 5.53. The van der Waals surface area contributed by atoms with E-state index in [1.807, 2.05) is 39.8 Å². The number of aliphatic hydroxyl groups excluding tert-OH is 1. The molecule has 0 aliphatic rings. The van der Waals surface area contributed by atoms with E-state index in [-0.39, 0.29) is 18.1 Å². The van der Waals surface area contributed by atoms with Gasteiger partial charge in [0.25, 0.3) is 5.91 Å². The number of nitrogens with one attached hydrogen (secondary N) is 1. The van der Waals surface area contributed by atoms with Crippen molar-refractivity contribution in [2.24, 2.45) is 0 Å². The highest BCUT2D eigenvalue weighted by Crippen LogP contribution is 2.26. The molecule has 1 atom stereocenters. The van der Waals surface area contributed by atoms with Crippen LogP contribution in [-0.4, -0.2) is 23.2 Å². The first-order valence-corrected chi connectivity index (χ1v) is 6.97. The second-order valence-electron chi connectivity index (χ2n) is 5.79. The molecule has 1 aromatic carbocycles. The molecule has 1 aromatic rings. The van der Waals surface area contributed by atoms with Crippen LogP contribution in [0, 0.1) is 6.92 Å². The number of amides is 1. The number of aryl methyl sites for hydroxylation is 1. The maximum absolute atomic E-state index is 11.8. The van der Waals surface area contributed by atoms with Gasteiger partial charge in [-0.25, -0.2) is 0 Å². The van der Waals surface area contributed by atoms with Gasteiger partial charge in [0, 0.05) is 11.1 Å². The average molecular weight is 279 g/mol. The van der Waals surface area contributed by atoms with Crippen LogP contribution in [0.5, 0.6) is 5.75 Å². The Morgan fingerprint density at radius 1 is 1.45 bits per heavy atom. The van der Waals surface area contributed by atoms with Crippen molar-refractivity contribution in [3.8, 4) is 5.75 Å². The Hall–Kier alpha value is -1.55.